The number of aliphatic imine (C=N–C) groups is 1. The molecule has 0 aromatic heterocycles. The molecule has 2 aliphatic rings. The van der Waals surface area contributed by atoms with Crippen LogP contribution >= 0.6 is 11.8 Å². The Morgan fingerprint density at radius 1 is 1.17 bits per heavy atom. The Labute approximate surface area is 181 Å². The van der Waals surface area contributed by atoms with Gasteiger partial charge in [0.15, 0.2) is 5.96 Å². The molecule has 6 heteroatoms. The highest BCUT2D eigenvalue weighted by Gasteiger charge is 2.25. The van der Waals surface area contributed by atoms with Crippen LogP contribution in [0, 0.1) is 11.8 Å². The smallest absolute Gasteiger partial charge is 0.193 e. The SMILES string of the molecule is CCNC(=NCC(C)CN1CCN(C)CC1)N1CCC(CSc2ccccc2)C1. The van der Waals surface area contributed by atoms with E-state index in [-0.39, 0.29) is 0 Å². The largest absolute Gasteiger partial charge is 0.357 e. The minimum Gasteiger partial charge on any atom is -0.357 e. The Hall–Kier alpha value is -1.24. The van der Waals surface area contributed by atoms with Crippen LogP contribution in [0.5, 0.6) is 0 Å². The van der Waals surface area contributed by atoms with Crippen LogP contribution < -0.4 is 5.32 Å². The molecule has 2 aliphatic heterocycles. The summed E-state index contributed by atoms with van der Waals surface area (Å²) in [7, 11) is 2.22. The number of nitrogens with one attached hydrogen (secondary N) is 1. The first-order valence-corrected chi connectivity index (χ1v) is 12.2. The predicted octanol–water partition coefficient (Wildman–Crippen LogP) is 2.95. The van der Waals surface area contributed by atoms with Crippen LogP contribution in [0.2, 0.25) is 0 Å². The van der Waals surface area contributed by atoms with Gasteiger partial charge in [-0.1, -0.05) is 25.1 Å². The first-order chi connectivity index (χ1) is 14.1. The van der Waals surface area contributed by atoms with Gasteiger partial charge in [0.25, 0.3) is 0 Å². The molecular formula is C23H39N5S. The van der Waals surface area contributed by atoms with Crippen LogP contribution in [0.25, 0.3) is 0 Å². The molecule has 0 radical (unpaired) electrons. The number of hydrogen-bond donors (Lipinski definition) is 1. The van der Waals surface area contributed by atoms with E-state index in [1.807, 2.05) is 11.8 Å². The molecule has 0 saturated carbocycles. The van der Waals surface area contributed by atoms with Gasteiger partial charge in [0.05, 0.1) is 0 Å². The quantitative estimate of drug-likeness (QED) is 0.400. The molecule has 0 bridgehead atoms. The molecule has 3 rings (SSSR count). The summed E-state index contributed by atoms with van der Waals surface area (Å²) in [5.41, 5.74) is 0. The van der Waals surface area contributed by atoms with Gasteiger partial charge in [-0.3, -0.25) is 4.99 Å². The minimum atomic E-state index is 0.596. The zero-order chi connectivity index (χ0) is 20.5. The highest BCUT2D eigenvalue weighted by atomic mass is 32.2. The van der Waals surface area contributed by atoms with Crippen LogP contribution in [0.4, 0.5) is 0 Å². The number of rotatable bonds is 8. The summed E-state index contributed by atoms with van der Waals surface area (Å²) in [6.07, 6.45) is 1.26. The van der Waals surface area contributed by atoms with E-state index in [1.165, 1.54) is 43.2 Å². The van der Waals surface area contributed by atoms with Crippen molar-refractivity contribution in [3.8, 4) is 0 Å². The zero-order valence-corrected chi connectivity index (χ0v) is 19.3. The first-order valence-electron chi connectivity index (χ1n) is 11.3. The molecule has 0 aliphatic carbocycles. The van der Waals surface area contributed by atoms with E-state index >= 15 is 0 Å². The maximum absolute atomic E-state index is 5.02. The molecule has 0 amide bonds. The van der Waals surface area contributed by atoms with E-state index in [0.29, 0.717) is 5.92 Å². The van der Waals surface area contributed by atoms with Gasteiger partial charge in [-0.15, -0.1) is 11.8 Å². The van der Waals surface area contributed by atoms with E-state index in [0.717, 1.165) is 44.6 Å². The first kappa shape index (κ1) is 22.4. The van der Waals surface area contributed by atoms with Gasteiger partial charge in [-0.25, -0.2) is 0 Å². The number of likely N-dealkylation sites (tertiary alicyclic amines) is 1. The molecule has 2 saturated heterocycles. The highest BCUT2D eigenvalue weighted by molar-refractivity contribution is 7.99. The molecule has 5 nitrogen and oxygen atoms in total. The summed E-state index contributed by atoms with van der Waals surface area (Å²) in [5.74, 6) is 3.65. The van der Waals surface area contributed by atoms with Crippen LogP contribution in [-0.2, 0) is 0 Å². The van der Waals surface area contributed by atoms with Crippen LogP contribution in [0.15, 0.2) is 40.2 Å². The number of hydrogen-bond acceptors (Lipinski definition) is 4. The third-order valence-corrected chi connectivity index (χ3v) is 7.11. The molecule has 1 aromatic rings. The van der Waals surface area contributed by atoms with Gasteiger partial charge < -0.3 is 20.0 Å². The summed E-state index contributed by atoms with van der Waals surface area (Å²) in [6.45, 7) is 14.5. The zero-order valence-electron chi connectivity index (χ0n) is 18.5. The third kappa shape index (κ3) is 7.50. The summed E-state index contributed by atoms with van der Waals surface area (Å²) >= 11 is 1.99. The molecule has 2 heterocycles. The summed E-state index contributed by atoms with van der Waals surface area (Å²) in [5, 5.41) is 3.53. The molecule has 162 valence electrons. The summed E-state index contributed by atoms with van der Waals surface area (Å²) in [6, 6.07) is 10.8. The second-order valence-electron chi connectivity index (χ2n) is 8.63. The van der Waals surface area contributed by atoms with Gasteiger partial charge in [0.1, 0.15) is 0 Å². The van der Waals surface area contributed by atoms with Crippen molar-refractivity contribution in [2.75, 3.05) is 71.7 Å². The Kier molecular flexibility index (Phi) is 9.15. The number of likely N-dealkylation sites (N-methyl/N-ethyl adjacent to an activating group) is 1. The normalized spacial score (nSPS) is 22.8. The Morgan fingerprint density at radius 3 is 2.66 bits per heavy atom. The Bertz CT molecular complexity index is 615. The highest BCUT2D eigenvalue weighted by Crippen LogP contribution is 2.25. The van der Waals surface area contributed by atoms with Crippen LogP contribution in [0.1, 0.15) is 20.3 Å². The fourth-order valence-corrected chi connectivity index (χ4v) is 5.14. The number of guanidine groups is 1. The monoisotopic (exact) mass is 417 g/mol. The number of thioether (sulfide) groups is 1. The van der Waals surface area contributed by atoms with Crippen molar-refractivity contribution < 1.29 is 0 Å². The van der Waals surface area contributed by atoms with Crippen molar-refractivity contribution >= 4 is 17.7 Å². The lowest BCUT2D eigenvalue weighted by Crippen LogP contribution is -2.46. The molecule has 1 N–H and O–H groups in total. The standard InChI is InChI=1S/C23H39N5S/c1-4-24-23(25-16-20(2)17-27-14-12-26(3)13-15-27)28-11-10-21(18-28)19-29-22-8-6-5-7-9-22/h5-9,20-21H,4,10-19H2,1-3H3,(H,24,25). The fourth-order valence-electron chi connectivity index (χ4n) is 4.09. The second-order valence-corrected chi connectivity index (χ2v) is 9.72. The lowest BCUT2D eigenvalue weighted by molar-refractivity contribution is 0.140. The molecule has 2 unspecified atom stereocenters. The van der Waals surface area contributed by atoms with Crippen molar-refractivity contribution in [3.05, 3.63) is 30.3 Å². The van der Waals surface area contributed by atoms with Crippen LogP contribution in [-0.4, -0.2) is 92.4 Å². The van der Waals surface area contributed by atoms with Gasteiger partial charge in [0, 0.05) is 69.6 Å². The second kappa shape index (κ2) is 11.8. The van der Waals surface area contributed by atoms with Gasteiger partial charge in [-0.05, 0) is 44.4 Å². The topological polar surface area (TPSA) is 34.1 Å². The van der Waals surface area contributed by atoms with Gasteiger partial charge in [0.2, 0.25) is 0 Å². The van der Waals surface area contributed by atoms with Crippen molar-refractivity contribution in [1.82, 2.24) is 20.0 Å². The molecule has 2 atom stereocenters. The minimum absolute atomic E-state index is 0.596. The number of nitrogens with zero attached hydrogens (tertiary/aromatic N) is 4. The molecule has 0 spiro atoms. The lowest BCUT2D eigenvalue weighted by atomic mass is 10.1. The molecule has 2 fully saturated rings. The van der Waals surface area contributed by atoms with Gasteiger partial charge >= 0.3 is 0 Å². The molecule has 29 heavy (non-hydrogen) atoms. The van der Waals surface area contributed by atoms with Crippen molar-refractivity contribution in [2.24, 2.45) is 16.8 Å². The van der Waals surface area contributed by atoms with E-state index in [9.17, 15) is 0 Å². The average molecular weight is 418 g/mol. The van der Waals surface area contributed by atoms with Crippen LogP contribution in [0.3, 0.4) is 0 Å². The lowest BCUT2D eigenvalue weighted by Gasteiger charge is -2.33. The van der Waals surface area contributed by atoms with E-state index in [1.54, 1.807) is 0 Å². The Balaban J connectivity index is 1.44. The third-order valence-electron chi connectivity index (χ3n) is 5.87. The summed E-state index contributed by atoms with van der Waals surface area (Å²) in [4.78, 5) is 13.9. The fraction of sp³-hybridized carbons (Fsp3) is 0.696. The van der Waals surface area contributed by atoms with Gasteiger partial charge in [-0.2, -0.15) is 0 Å². The predicted molar refractivity (Wildman–Crippen MR) is 126 cm³/mol. The van der Waals surface area contributed by atoms with Crippen molar-refractivity contribution in [2.45, 2.75) is 25.2 Å². The van der Waals surface area contributed by atoms with Crippen molar-refractivity contribution in [1.29, 1.82) is 0 Å². The molecule has 1 aromatic carbocycles. The Morgan fingerprint density at radius 2 is 1.93 bits per heavy atom. The number of benzene rings is 1. The maximum atomic E-state index is 5.02. The maximum Gasteiger partial charge on any atom is 0.193 e. The summed E-state index contributed by atoms with van der Waals surface area (Å²) < 4.78 is 0. The van der Waals surface area contributed by atoms with Crippen molar-refractivity contribution in [3.63, 3.8) is 0 Å². The average Bonchev–Trinajstić information content (AvgIpc) is 3.21. The molecular weight excluding hydrogens is 378 g/mol. The number of piperazine rings is 1. The van der Waals surface area contributed by atoms with E-state index in [4.69, 9.17) is 4.99 Å². The van der Waals surface area contributed by atoms with E-state index < -0.39 is 0 Å². The van der Waals surface area contributed by atoms with E-state index in [2.05, 4.69) is 71.2 Å².